The van der Waals surface area contributed by atoms with Crippen LogP contribution in [0.2, 0.25) is 0 Å². The maximum Gasteiger partial charge on any atom is 0.339 e. The van der Waals surface area contributed by atoms with Crippen molar-refractivity contribution in [1.29, 1.82) is 0 Å². The summed E-state index contributed by atoms with van der Waals surface area (Å²) in [5.41, 5.74) is 1.48. The molecule has 2 atom stereocenters. The molecule has 0 spiro atoms. The number of nitrogens with zero attached hydrogens (tertiary/aromatic N) is 2. The number of carbonyl (C=O) groups excluding carboxylic acids is 1. The number of aliphatic hydroxyl groups is 1. The second-order valence-corrected chi connectivity index (χ2v) is 10.9. The minimum absolute atomic E-state index is 0.114. The first-order chi connectivity index (χ1) is 19.4. The standard InChI is InChI=1S/C30H37N3O6S/c1-3-37-30(35)23-9-12-29(32-18-23)33-15-13-24(14-16-33)31-19-25(34)21-38-26-10-11-27(28(17-26)40(2)36)39-20-22-7-5-4-6-8-22/h4-12,17-18,24-25,31,34H,3,13-16,19-21H2,1-2H3. The molecule has 2 N–H and O–H groups in total. The molecule has 0 amide bonds. The Morgan fingerprint density at radius 2 is 1.93 bits per heavy atom. The number of carbonyl (C=O) groups is 1. The predicted molar refractivity (Wildman–Crippen MR) is 154 cm³/mol. The van der Waals surface area contributed by atoms with Gasteiger partial charge in [-0.3, -0.25) is 0 Å². The van der Waals surface area contributed by atoms with Crippen LogP contribution < -0.4 is 19.7 Å². The average molecular weight is 568 g/mol. The zero-order valence-corrected chi connectivity index (χ0v) is 23.8. The van der Waals surface area contributed by atoms with Crippen molar-refractivity contribution in [3.05, 3.63) is 78.0 Å². The van der Waals surface area contributed by atoms with Gasteiger partial charge in [0.1, 0.15) is 37.1 Å². The molecule has 0 aliphatic carbocycles. The molecule has 9 nitrogen and oxygen atoms in total. The Kier molecular flexibility index (Phi) is 11.1. The van der Waals surface area contributed by atoms with E-state index in [1.165, 1.54) is 0 Å². The fourth-order valence-electron chi connectivity index (χ4n) is 4.43. The number of hydrogen-bond acceptors (Lipinski definition) is 9. The summed E-state index contributed by atoms with van der Waals surface area (Å²) in [7, 11) is 0. The van der Waals surface area contributed by atoms with E-state index in [1.54, 1.807) is 43.6 Å². The molecule has 0 radical (unpaired) electrons. The van der Waals surface area contributed by atoms with E-state index in [1.807, 2.05) is 36.4 Å². The monoisotopic (exact) mass is 567 g/mol. The molecule has 1 aliphatic rings. The van der Waals surface area contributed by atoms with Gasteiger partial charge in [-0.1, -0.05) is 30.3 Å². The molecule has 1 aliphatic heterocycles. The number of piperidine rings is 1. The first-order valence-corrected chi connectivity index (χ1v) is 15.0. The highest BCUT2D eigenvalue weighted by atomic mass is 32.2. The minimum Gasteiger partial charge on any atom is -0.612 e. The number of aromatic nitrogens is 1. The molecule has 1 aromatic heterocycles. The maximum absolute atomic E-state index is 12.3. The van der Waals surface area contributed by atoms with Crippen LogP contribution in [0.1, 0.15) is 35.7 Å². The third-order valence-corrected chi connectivity index (χ3v) is 7.56. The van der Waals surface area contributed by atoms with Crippen LogP contribution in [-0.4, -0.2) is 71.9 Å². The number of hydrogen-bond donors (Lipinski definition) is 2. The van der Waals surface area contributed by atoms with Crippen LogP contribution in [0, 0.1) is 0 Å². The lowest BCUT2D eigenvalue weighted by Gasteiger charge is -2.33. The number of esters is 1. The Morgan fingerprint density at radius 1 is 1.15 bits per heavy atom. The van der Waals surface area contributed by atoms with Crippen molar-refractivity contribution >= 4 is 23.0 Å². The first-order valence-electron chi connectivity index (χ1n) is 13.5. The van der Waals surface area contributed by atoms with Crippen molar-refractivity contribution in [2.24, 2.45) is 0 Å². The summed E-state index contributed by atoms with van der Waals surface area (Å²) in [6.07, 6.45) is 4.28. The topological polar surface area (TPSA) is 116 Å². The van der Waals surface area contributed by atoms with Crippen LogP contribution in [0.5, 0.6) is 11.5 Å². The van der Waals surface area contributed by atoms with Gasteiger partial charge >= 0.3 is 5.97 Å². The fraction of sp³-hybridized carbons (Fsp3) is 0.400. The van der Waals surface area contributed by atoms with E-state index >= 15 is 0 Å². The maximum atomic E-state index is 12.3. The molecule has 214 valence electrons. The number of aliphatic hydroxyl groups excluding tert-OH is 1. The van der Waals surface area contributed by atoms with Crippen molar-refractivity contribution in [3.63, 3.8) is 0 Å². The van der Waals surface area contributed by atoms with E-state index in [4.69, 9.17) is 14.2 Å². The summed E-state index contributed by atoms with van der Waals surface area (Å²) in [5, 5.41) is 13.9. The lowest BCUT2D eigenvalue weighted by molar-refractivity contribution is 0.0526. The molecule has 2 aromatic carbocycles. The van der Waals surface area contributed by atoms with Gasteiger partial charge in [-0.2, -0.15) is 0 Å². The highest BCUT2D eigenvalue weighted by molar-refractivity contribution is 7.90. The third kappa shape index (κ3) is 8.59. The second kappa shape index (κ2) is 14.9. The Labute approximate surface area is 238 Å². The molecule has 0 bridgehead atoms. The van der Waals surface area contributed by atoms with E-state index in [-0.39, 0.29) is 18.6 Å². The van der Waals surface area contributed by atoms with Gasteiger partial charge in [0.05, 0.1) is 12.2 Å². The summed E-state index contributed by atoms with van der Waals surface area (Å²) in [6.45, 7) is 4.66. The molecule has 1 fully saturated rings. The highest BCUT2D eigenvalue weighted by Gasteiger charge is 2.21. The average Bonchev–Trinajstić information content (AvgIpc) is 2.99. The number of benzene rings is 2. The van der Waals surface area contributed by atoms with Gasteiger partial charge in [-0.25, -0.2) is 9.78 Å². The molecular formula is C30H37N3O6S. The molecule has 3 aromatic rings. The Bertz CT molecular complexity index is 1200. The summed E-state index contributed by atoms with van der Waals surface area (Å²) in [5.74, 6) is 1.56. The van der Waals surface area contributed by atoms with Gasteiger partial charge in [-0.05, 0) is 60.8 Å². The smallest absolute Gasteiger partial charge is 0.339 e. The van der Waals surface area contributed by atoms with Crippen molar-refractivity contribution in [1.82, 2.24) is 10.3 Å². The molecule has 1 saturated heterocycles. The van der Waals surface area contributed by atoms with Crippen LogP contribution in [-0.2, 0) is 22.5 Å². The third-order valence-electron chi connectivity index (χ3n) is 6.62. The van der Waals surface area contributed by atoms with Crippen molar-refractivity contribution in [2.75, 3.05) is 44.0 Å². The van der Waals surface area contributed by atoms with Gasteiger partial charge in [0, 0.05) is 37.9 Å². The van der Waals surface area contributed by atoms with Crippen LogP contribution in [0.3, 0.4) is 0 Å². The summed E-state index contributed by atoms with van der Waals surface area (Å²) in [6, 6.07) is 18.9. The molecule has 0 saturated carbocycles. The van der Waals surface area contributed by atoms with Crippen molar-refractivity contribution < 1.29 is 28.7 Å². The zero-order valence-electron chi connectivity index (χ0n) is 23.0. The van der Waals surface area contributed by atoms with E-state index in [2.05, 4.69) is 15.2 Å². The number of pyridine rings is 1. The number of ether oxygens (including phenoxy) is 3. The summed E-state index contributed by atoms with van der Waals surface area (Å²) < 4.78 is 29.0. The summed E-state index contributed by atoms with van der Waals surface area (Å²) in [4.78, 5) is 19.0. The Hall–Kier alpha value is -3.31. The van der Waals surface area contributed by atoms with Crippen LogP contribution >= 0.6 is 0 Å². The molecular weight excluding hydrogens is 530 g/mol. The van der Waals surface area contributed by atoms with Gasteiger partial charge in [0.25, 0.3) is 0 Å². The fourth-order valence-corrected chi connectivity index (χ4v) is 5.12. The van der Waals surface area contributed by atoms with E-state index in [9.17, 15) is 14.5 Å². The number of rotatable bonds is 13. The first kappa shape index (κ1) is 29.7. The minimum atomic E-state index is -1.26. The highest BCUT2D eigenvalue weighted by Crippen LogP contribution is 2.29. The van der Waals surface area contributed by atoms with Crippen molar-refractivity contribution in [3.8, 4) is 11.5 Å². The van der Waals surface area contributed by atoms with Gasteiger partial charge in [0.15, 0.2) is 10.6 Å². The van der Waals surface area contributed by atoms with Crippen LogP contribution in [0.4, 0.5) is 5.82 Å². The van der Waals surface area contributed by atoms with Crippen molar-refractivity contribution in [2.45, 2.75) is 43.4 Å². The zero-order chi connectivity index (χ0) is 28.3. The molecule has 10 heteroatoms. The number of nitrogens with one attached hydrogen (secondary N) is 1. The molecule has 2 unspecified atom stereocenters. The Morgan fingerprint density at radius 3 is 2.60 bits per heavy atom. The lowest BCUT2D eigenvalue weighted by atomic mass is 10.0. The normalized spacial score (nSPS) is 15.3. The van der Waals surface area contributed by atoms with Gasteiger partial charge < -0.3 is 34.1 Å². The number of anilines is 1. The summed E-state index contributed by atoms with van der Waals surface area (Å²) >= 11 is -1.26. The molecule has 2 heterocycles. The van der Waals surface area contributed by atoms with E-state index in [0.717, 1.165) is 37.3 Å². The Balaban J connectivity index is 1.19. The quantitative estimate of drug-likeness (QED) is 0.236. The van der Waals surface area contributed by atoms with E-state index in [0.29, 0.717) is 41.7 Å². The molecule has 40 heavy (non-hydrogen) atoms. The second-order valence-electron chi connectivity index (χ2n) is 9.60. The molecule has 4 rings (SSSR count). The lowest BCUT2D eigenvalue weighted by Crippen LogP contribution is -2.45. The van der Waals surface area contributed by atoms with Crippen LogP contribution in [0.15, 0.2) is 71.8 Å². The van der Waals surface area contributed by atoms with Gasteiger partial charge in [0.2, 0.25) is 0 Å². The van der Waals surface area contributed by atoms with Crippen LogP contribution in [0.25, 0.3) is 0 Å². The SMILES string of the molecule is CCOC(=O)c1ccc(N2CCC(NCC(O)COc3ccc(OCc4ccccc4)c([S+](C)[O-])c3)CC2)nc1. The largest absolute Gasteiger partial charge is 0.612 e. The van der Waals surface area contributed by atoms with Gasteiger partial charge in [-0.15, -0.1) is 0 Å². The predicted octanol–water partition coefficient (Wildman–Crippen LogP) is 3.57. The van der Waals surface area contributed by atoms with E-state index < -0.39 is 17.3 Å².